The summed E-state index contributed by atoms with van der Waals surface area (Å²) in [4.78, 5) is 28.2. The lowest BCUT2D eigenvalue weighted by Gasteiger charge is -1.99. The second kappa shape index (κ2) is 4.20. The van der Waals surface area contributed by atoms with Gasteiger partial charge in [0.1, 0.15) is 5.56 Å². The van der Waals surface area contributed by atoms with Gasteiger partial charge in [-0.3, -0.25) is 9.59 Å². The summed E-state index contributed by atoms with van der Waals surface area (Å²) in [5.74, 6) is -0.450. The molecule has 1 aromatic rings. The van der Waals surface area contributed by atoms with Crippen molar-refractivity contribution in [3.63, 3.8) is 0 Å². The molecule has 1 aromatic heterocycles. The first kappa shape index (κ1) is 9.18. The molecule has 0 fully saturated rings. The molecule has 0 saturated carbocycles. The summed E-state index contributed by atoms with van der Waals surface area (Å²) in [6, 6.07) is 0. The van der Waals surface area contributed by atoms with Crippen LogP contribution in [0.5, 0.6) is 0 Å². The Kier molecular flexibility index (Phi) is 2.97. The van der Waals surface area contributed by atoms with Gasteiger partial charge in [-0.05, 0) is 0 Å². The second-order valence-electron chi connectivity index (χ2n) is 2.29. The number of H-pyrrole nitrogens is 1. The van der Waals surface area contributed by atoms with Crippen LogP contribution < -0.4 is 10.9 Å². The van der Waals surface area contributed by atoms with E-state index in [1.54, 1.807) is 0 Å². The van der Waals surface area contributed by atoms with Gasteiger partial charge >= 0.3 is 0 Å². The third-order valence-corrected chi connectivity index (χ3v) is 1.37. The van der Waals surface area contributed by atoms with E-state index in [2.05, 4.69) is 21.9 Å². The summed E-state index contributed by atoms with van der Waals surface area (Å²) < 4.78 is 0. The van der Waals surface area contributed by atoms with Crippen LogP contribution in [-0.2, 0) is 0 Å². The quantitative estimate of drug-likeness (QED) is 0.625. The molecule has 68 valence electrons. The van der Waals surface area contributed by atoms with Gasteiger partial charge in [-0.2, -0.15) is 0 Å². The average molecular weight is 179 g/mol. The first-order valence-corrected chi connectivity index (χ1v) is 3.67. The Morgan fingerprint density at radius 1 is 1.77 bits per heavy atom. The summed E-state index contributed by atoms with van der Waals surface area (Å²) in [6.45, 7) is 3.76. The van der Waals surface area contributed by atoms with Crippen LogP contribution >= 0.6 is 0 Å². The third kappa shape index (κ3) is 2.26. The van der Waals surface area contributed by atoms with E-state index in [1.807, 2.05) is 0 Å². The molecule has 1 heterocycles. The highest BCUT2D eigenvalue weighted by atomic mass is 16.2. The van der Waals surface area contributed by atoms with Gasteiger partial charge in [0.25, 0.3) is 11.5 Å². The maximum atomic E-state index is 11.2. The molecule has 2 N–H and O–H groups in total. The van der Waals surface area contributed by atoms with E-state index in [4.69, 9.17) is 0 Å². The zero-order chi connectivity index (χ0) is 9.68. The molecule has 0 saturated heterocycles. The number of aromatic amines is 1. The minimum absolute atomic E-state index is 0.00403. The first-order valence-electron chi connectivity index (χ1n) is 3.67. The predicted octanol–water partition coefficient (Wildman–Crippen LogP) is -0.314. The van der Waals surface area contributed by atoms with Gasteiger partial charge in [-0.1, -0.05) is 6.08 Å². The maximum absolute atomic E-state index is 11.2. The van der Waals surface area contributed by atoms with Crippen molar-refractivity contribution in [2.75, 3.05) is 6.54 Å². The number of aromatic nitrogens is 2. The largest absolute Gasteiger partial charge is 0.348 e. The maximum Gasteiger partial charge on any atom is 0.263 e. The molecule has 5 nitrogen and oxygen atoms in total. The molecule has 0 unspecified atom stereocenters. The summed E-state index contributed by atoms with van der Waals surface area (Å²) in [7, 11) is 0. The van der Waals surface area contributed by atoms with Crippen LogP contribution in [0.15, 0.2) is 30.0 Å². The van der Waals surface area contributed by atoms with Crippen LogP contribution in [0.3, 0.4) is 0 Å². The molecular formula is C8H9N3O2. The normalized spacial score (nSPS) is 9.23. The Bertz CT molecular complexity index is 370. The van der Waals surface area contributed by atoms with Gasteiger partial charge in [0, 0.05) is 12.7 Å². The monoisotopic (exact) mass is 179 g/mol. The molecule has 5 heteroatoms. The fourth-order valence-electron chi connectivity index (χ4n) is 0.766. The fourth-order valence-corrected chi connectivity index (χ4v) is 0.766. The topological polar surface area (TPSA) is 74.8 Å². The molecule has 0 atom stereocenters. The van der Waals surface area contributed by atoms with Crippen molar-refractivity contribution in [3.05, 3.63) is 41.1 Å². The molecule has 0 aliphatic rings. The number of rotatable bonds is 3. The van der Waals surface area contributed by atoms with Crippen molar-refractivity contribution < 1.29 is 4.79 Å². The van der Waals surface area contributed by atoms with E-state index in [9.17, 15) is 9.59 Å². The van der Waals surface area contributed by atoms with Gasteiger partial charge in [0.15, 0.2) is 0 Å². The number of nitrogens with zero attached hydrogens (tertiary/aromatic N) is 1. The van der Waals surface area contributed by atoms with Crippen molar-refractivity contribution in [1.82, 2.24) is 15.3 Å². The highest BCUT2D eigenvalue weighted by Gasteiger charge is 2.07. The van der Waals surface area contributed by atoms with Gasteiger partial charge in [0.05, 0.1) is 6.33 Å². The highest BCUT2D eigenvalue weighted by Crippen LogP contribution is 1.84. The van der Waals surface area contributed by atoms with E-state index in [0.29, 0.717) is 6.54 Å². The molecular weight excluding hydrogens is 170 g/mol. The molecule has 0 bridgehead atoms. The smallest absolute Gasteiger partial charge is 0.263 e. The summed E-state index contributed by atoms with van der Waals surface area (Å²) >= 11 is 0. The predicted molar refractivity (Wildman–Crippen MR) is 47.4 cm³/mol. The summed E-state index contributed by atoms with van der Waals surface area (Å²) in [5.41, 5.74) is -0.444. The van der Waals surface area contributed by atoms with Crippen LogP contribution in [0.4, 0.5) is 0 Å². The van der Waals surface area contributed by atoms with Gasteiger partial charge < -0.3 is 10.3 Å². The average Bonchev–Trinajstić information content (AvgIpc) is 2.15. The number of nitrogens with one attached hydrogen (secondary N) is 2. The van der Waals surface area contributed by atoms with Crippen molar-refractivity contribution >= 4 is 5.91 Å². The zero-order valence-electron chi connectivity index (χ0n) is 6.91. The molecule has 0 aromatic carbocycles. The molecule has 0 aliphatic carbocycles. The summed E-state index contributed by atoms with van der Waals surface area (Å²) in [6.07, 6.45) is 3.98. The van der Waals surface area contributed by atoms with Crippen molar-refractivity contribution in [2.45, 2.75) is 0 Å². The lowest BCUT2D eigenvalue weighted by molar-refractivity contribution is 0.0956. The number of carbonyl (C=O) groups is 1. The van der Waals surface area contributed by atoms with Crippen molar-refractivity contribution in [1.29, 1.82) is 0 Å². The lowest BCUT2D eigenvalue weighted by atomic mass is 10.3. The molecule has 1 rings (SSSR count). The van der Waals surface area contributed by atoms with E-state index in [-0.39, 0.29) is 5.56 Å². The van der Waals surface area contributed by atoms with Crippen LogP contribution in [-0.4, -0.2) is 22.4 Å². The van der Waals surface area contributed by atoms with E-state index in [0.717, 1.165) is 0 Å². The molecule has 1 amide bonds. The highest BCUT2D eigenvalue weighted by molar-refractivity contribution is 5.93. The summed E-state index contributed by atoms with van der Waals surface area (Å²) in [5, 5.41) is 2.47. The van der Waals surface area contributed by atoms with Gasteiger partial charge in [-0.15, -0.1) is 6.58 Å². The Labute approximate surface area is 74.5 Å². The molecule has 0 spiro atoms. The third-order valence-electron chi connectivity index (χ3n) is 1.37. The van der Waals surface area contributed by atoms with E-state index < -0.39 is 11.5 Å². The fraction of sp³-hybridized carbons (Fsp3) is 0.125. The number of hydrogen-bond donors (Lipinski definition) is 2. The number of carbonyl (C=O) groups excluding carboxylic acids is 1. The lowest BCUT2D eigenvalue weighted by Crippen LogP contribution is -2.29. The minimum Gasteiger partial charge on any atom is -0.348 e. The van der Waals surface area contributed by atoms with E-state index in [1.165, 1.54) is 18.6 Å². The molecule has 0 aliphatic heterocycles. The van der Waals surface area contributed by atoms with E-state index >= 15 is 0 Å². The van der Waals surface area contributed by atoms with Crippen molar-refractivity contribution in [3.8, 4) is 0 Å². The Hall–Kier alpha value is -1.91. The van der Waals surface area contributed by atoms with Gasteiger partial charge in [-0.25, -0.2) is 4.98 Å². The van der Waals surface area contributed by atoms with Crippen LogP contribution in [0, 0.1) is 0 Å². The zero-order valence-corrected chi connectivity index (χ0v) is 6.91. The SMILES string of the molecule is C=CCNC(=O)c1cnc[nH]c1=O. The Balaban J connectivity index is 2.83. The number of amides is 1. The van der Waals surface area contributed by atoms with Crippen LogP contribution in [0.2, 0.25) is 0 Å². The molecule has 0 radical (unpaired) electrons. The first-order chi connectivity index (χ1) is 6.25. The molecule has 13 heavy (non-hydrogen) atoms. The van der Waals surface area contributed by atoms with Crippen LogP contribution in [0.1, 0.15) is 10.4 Å². The Morgan fingerprint density at radius 3 is 3.15 bits per heavy atom. The Morgan fingerprint density at radius 2 is 2.54 bits per heavy atom. The number of hydrogen-bond acceptors (Lipinski definition) is 3. The van der Waals surface area contributed by atoms with Crippen LogP contribution in [0.25, 0.3) is 0 Å². The minimum atomic E-state index is -0.450. The van der Waals surface area contributed by atoms with Crippen molar-refractivity contribution in [2.24, 2.45) is 0 Å². The standard InChI is InChI=1S/C8H9N3O2/c1-2-3-10-7(12)6-4-9-5-11-8(6)13/h2,4-5H,1,3H2,(H,10,12)(H,9,11,13). The second-order valence-corrected chi connectivity index (χ2v) is 2.29. The van der Waals surface area contributed by atoms with Gasteiger partial charge in [0.2, 0.25) is 0 Å².